The van der Waals surface area contributed by atoms with E-state index in [9.17, 15) is 0 Å². The van der Waals surface area contributed by atoms with Crippen LogP contribution in [0.2, 0.25) is 65.5 Å². The van der Waals surface area contributed by atoms with Crippen LogP contribution in [-0.2, 0) is 16.5 Å². The third kappa shape index (κ3) is 11.4. The molecule has 0 radical (unpaired) electrons. The maximum atomic E-state index is 7.29. The summed E-state index contributed by atoms with van der Waals surface area (Å²) in [6, 6.07) is 51.1. The van der Waals surface area contributed by atoms with E-state index >= 15 is 0 Å². The van der Waals surface area contributed by atoms with Crippen LogP contribution in [0.1, 0.15) is 5.56 Å². The molecule has 0 amide bonds. The van der Waals surface area contributed by atoms with E-state index in [0.29, 0.717) is 0 Å². The molecule has 0 bridgehead atoms. The monoisotopic (exact) mass is 782 g/mol. The summed E-state index contributed by atoms with van der Waals surface area (Å²) in [7, 11) is -12.7. The zero-order valence-corrected chi connectivity index (χ0v) is 38.7. The van der Waals surface area contributed by atoms with E-state index in [1.165, 1.54) is 31.5 Å². The zero-order chi connectivity index (χ0) is 37.3. The molecular formula is C41H58O4Si6. The number of hydrogen-bond donors (Lipinski definition) is 0. The Morgan fingerprint density at radius 3 is 1.00 bits per heavy atom. The van der Waals surface area contributed by atoms with Crippen LogP contribution in [0.3, 0.4) is 0 Å². The van der Waals surface area contributed by atoms with Crippen LogP contribution in [0.4, 0.5) is 0 Å². The first-order valence-corrected chi connectivity index (χ1v) is 34.2. The van der Waals surface area contributed by atoms with E-state index in [0.717, 1.165) is 0 Å². The fourth-order valence-corrected chi connectivity index (χ4v) is 28.2. The van der Waals surface area contributed by atoms with Gasteiger partial charge in [0, 0.05) is 0 Å². The van der Waals surface area contributed by atoms with Crippen LogP contribution in [0.25, 0.3) is 0 Å². The molecule has 0 saturated heterocycles. The highest BCUT2D eigenvalue weighted by Crippen LogP contribution is 2.22. The highest BCUT2D eigenvalue weighted by Gasteiger charge is 2.50. The van der Waals surface area contributed by atoms with Crippen LogP contribution in [0.15, 0.2) is 146 Å². The van der Waals surface area contributed by atoms with E-state index < -0.39 is 51.1 Å². The SMILES string of the molecule is C[SiH](C)O[Si](O[Si](C)(C)C)(c1ccccc1)c1ccccc1.Cc1ccc([Si](C)(C)O[Si](O[Si](C)(C)C)(c2ccccc2)c2ccccc2)cc1. The Labute approximate surface area is 315 Å². The predicted molar refractivity (Wildman–Crippen MR) is 234 cm³/mol. The van der Waals surface area contributed by atoms with Gasteiger partial charge in [0.1, 0.15) is 0 Å². The minimum Gasteiger partial charge on any atom is -0.433 e. The Morgan fingerprint density at radius 2 is 0.686 bits per heavy atom. The molecule has 5 rings (SSSR count). The molecule has 0 aromatic heterocycles. The van der Waals surface area contributed by atoms with Crippen LogP contribution in [0.5, 0.6) is 0 Å². The Kier molecular flexibility index (Phi) is 14.0. The zero-order valence-electron chi connectivity index (χ0n) is 32.6. The van der Waals surface area contributed by atoms with E-state index in [2.05, 4.69) is 218 Å². The molecule has 5 aromatic carbocycles. The summed E-state index contributed by atoms with van der Waals surface area (Å²) in [6.07, 6.45) is 0. The van der Waals surface area contributed by atoms with Crippen molar-refractivity contribution in [2.45, 2.75) is 72.4 Å². The molecule has 0 fully saturated rings. The van der Waals surface area contributed by atoms with Crippen molar-refractivity contribution in [2.24, 2.45) is 0 Å². The van der Waals surface area contributed by atoms with Crippen molar-refractivity contribution in [2.75, 3.05) is 0 Å². The van der Waals surface area contributed by atoms with Gasteiger partial charge in [0.15, 0.2) is 25.7 Å². The first kappa shape index (κ1) is 41.0. The van der Waals surface area contributed by atoms with E-state index in [-0.39, 0.29) is 0 Å². The predicted octanol–water partition coefficient (Wildman–Crippen LogP) is 7.63. The molecule has 0 aliphatic heterocycles. The molecule has 0 aliphatic rings. The Hall–Kier alpha value is -2.76. The molecule has 51 heavy (non-hydrogen) atoms. The number of aryl methyl sites for hydroxylation is 1. The van der Waals surface area contributed by atoms with Crippen LogP contribution in [-0.4, -0.2) is 51.1 Å². The normalized spacial score (nSPS) is 12.7. The smallest absolute Gasteiger partial charge is 0.386 e. The maximum absolute atomic E-state index is 7.29. The highest BCUT2D eigenvalue weighted by atomic mass is 28.5. The van der Waals surface area contributed by atoms with Crippen LogP contribution < -0.4 is 25.9 Å². The van der Waals surface area contributed by atoms with Crippen molar-refractivity contribution in [3.05, 3.63) is 151 Å². The van der Waals surface area contributed by atoms with Gasteiger partial charge in [0.05, 0.1) is 0 Å². The van der Waals surface area contributed by atoms with Gasteiger partial charge in [0.2, 0.25) is 8.32 Å². The average molecular weight is 783 g/mol. The summed E-state index contributed by atoms with van der Waals surface area (Å²) in [5, 5.41) is 6.09. The summed E-state index contributed by atoms with van der Waals surface area (Å²) in [5.74, 6) is 0. The lowest BCUT2D eigenvalue weighted by Crippen LogP contribution is -2.71. The lowest BCUT2D eigenvalue weighted by Gasteiger charge is -2.42. The maximum Gasteiger partial charge on any atom is 0.386 e. The van der Waals surface area contributed by atoms with Crippen molar-refractivity contribution in [3.8, 4) is 0 Å². The number of benzene rings is 5. The molecule has 0 saturated carbocycles. The van der Waals surface area contributed by atoms with Gasteiger partial charge in [0.25, 0.3) is 0 Å². The second kappa shape index (κ2) is 17.4. The van der Waals surface area contributed by atoms with Gasteiger partial charge in [-0.1, -0.05) is 151 Å². The molecule has 0 aliphatic carbocycles. The van der Waals surface area contributed by atoms with Gasteiger partial charge in [-0.3, -0.25) is 0 Å². The van der Waals surface area contributed by atoms with Crippen molar-refractivity contribution >= 4 is 77.0 Å². The molecule has 270 valence electrons. The second-order valence-electron chi connectivity index (χ2n) is 15.8. The molecule has 0 atom stereocenters. The first-order valence-electron chi connectivity index (χ1n) is 18.0. The molecule has 10 heteroatoms. The fourth-order valence-electron chi connectivity index (χ4n) is 6.07. The minimum absolute atomic E-state index is 1.18. The third-order valence-corrected chi connectivity index (χ3v) is 27.8. The Morgan fingerprint density at radius 1 is 0.373 bits per heavy atom. The highest BCUT2D eigenvalue weighted by molar-refractivity contribution is 7.04. The molecular weight excluding hydrogens is 725 g/mol. The van der Waals surface area contributed by atoms with Gasteiger partial charge in [-0.2, -0.15) is 0 Å². The van der Waals surface area contributed by atoms with Gasteiger partial charge in [-0.25, -0.2) is 0 Å². The van der Waals surface area contributed by atoms with Gasteiger partial charge in [-0.15, -0.1) is 0 Å². The summed E-state index contributed by atoms with van der Waals surface area (Å²) in [5.41, 5.74) is 1.27. The quantitative estimate of drug-likeness (QED) is 0.115. The first-order chi connectivity index (χ1) is 24.0. The van der Waals surface area contributed by atoms with Crippen molar-refractivity contribution < 1.29 is 16.5 Å². The van der Waals surface area contributed by atoms with Crippen molar-refractivity contribution in [3.63, 3.8) is 0 Å². The van der Waals surface area contributed by atoms with Crippen LogP contribution >= 0.6 is 0 Å². The van der Waals surface area contributed by atoms with Crippen LogP contribution in [0, 0.1) is 6.92 Å². The molecule has 5 aromatic rings. The average Bonchev–Trinajstić information content (AvgIpc) is 3.08. The Balaban J connectivity index is 0.000000238. The fraction of sp³-hybridized carbons (Fsp3) is 0.268. The molecule has 4 nitrogen and oxygen atoms in total. The van der Waals surface area contributed by atoms with Crippen molar-refractivity contribution in [1.29, 1.82) is 0 Å². The van der Waals surface area contributed by atoms with E-state index in [1.54, 1.807) is 0 Å². The number of hydrogen-bond acceptors (Lipinski definition) is 4. The third-order valence-electron chi connectivity index (χ3n) is 8.06. The lowest BCUT2D eigenvalue weighted by molar-refractivity contribution is 0.416. The molecule has 0 spiro atoms. The Bertz CT molecular complexity index is 1680. The summed E-state index contributed by atoms with van der Waals surface area (Å²) < 4.78 is 27.8. The minimum atomic E-state index is -2.89. The molecule has 0 N–H and O–H groups in total. The molecule has 0 unspecified atom stereocenters. The topological polar surface area (TPSA) is 36.9 Å². The van der Waals surface area contributed by atoms with Gasteiger partial charge in [-0.05, 0) is 98.3 Å². The standard InChI is InChI=1S/C24H32O2Si3.C17H26O2Si3/c1-21-17-19-22(20-18-21)28(5,6)26-29(25-27(2,3)4,23-13-9-7-10-14-23)24-15-11-8-12-16-24;1-20(2)18-22(19-21(3,4)5,16-12-8-6-9-13-16)17-14-10-7-11-15-17/h7-20H,1-6H3;6-15,20H,1-5H3. The largest absolute Gasteiger partial charge is 0.433 e. The lowest BCUT2D eigenvalue weighted by atomic mass is 10.2. The van der Waals surface area contributed by atoms with E-state index in [4.69, 9.17) is 16.5 Å². The second-order valence-corrected chi connectivity index (χ2v) is 38.1. The summed E-state index contributed by atoms with van der Waals surface area (Å²) >= 11 is 0. The van der Waals surface area contributed by atoms with Gasteiger partial charge >= 0.3 is 17.1 Å². The summed E-state index contributed by atoms with van der Waals surface area (Å²) in [6.45, 7) is 24.6. The molecule has 0 heterocycles. The summed E-state index contributed by atoms with van der Waals surface area (Å²) in [4.78, 5) is 0. The van der Waals surface area contributed by atoms with Gasteiger partial charge < -0.3 is 16.5 Å². The van der Waals surface area contributed by atoms with Crippen molar-refractivity contribution in [1.82, 2.24) is 0 Å². The number of rotatable bonds is 13. The van der Waals surface area contributed by atoms with E-state index in [1.807, 2.05) is 0 Å².